The van der Waals surface area contributed by atoms with E-state index in [1.807, 2.05) is 19.0 Å². The van der Waals surface area contributed by atoms with Crippen molar-refractivity contribution in [2.45, 2.75) is 45.2 Å². The highest BCUT2D eigenvalue weighted by atomic mass is 16.4. The van der Waals surface area contributed by atoms with Crippen LogP contribution >= 0.6 is 0 Å². The van der Waals surface area contributed by atoms with Crippen LogP contribution in [0.2, 0.25) is 0 Å². The minimum absolute atomic E-state index is 0.0248. The topological polar surface area (TPSA) is 81.7 Å². The molecule has 1 unspecified atom stereocenters. The number of carboxylic acid groups (broad SMARTS) is 1. The second kappa shape index (κ2) is 7.47. The molecule has 1 rings (SSSR count). The summed E-state index contributed by atoms with van der Waals surface area (Å²) in [7, 11) is 3.95. The maximum atomic E-state index is 12.0. The summed E-state index contributed by atoms with van der Waals surface area (Å²) in [5, 5.41) is 14.8. The van der Waals surface area contributed by atoms with Crippen LogP contribution in [0.5, 0.6) is 0 Å². The van der Waals surface area contributed by atoms with Crippen LogP contribution in [-0.2, 0) is 4.79 Å². The van der Waals surface area contributed by atoms with Gasteiger partial charge < -0.3 is 20.6 Å². The van der Waals surface area contributed by atoms with Crippen molar-refractivity contribution in [1.29, 1.82) is 0 Å². The Labute approximate surface area is 120 Å². The third kappa shape index (κ3) is 5.36. The predicted octanol–water partition coefficient (Wildman–Crippen LogP) is 1.13. The van der Waals surface area contributed by atoms with Gasteiger partial charge in [0.1, 0.15) is 0 Å². The molecule has 116 valence electrons. The van der Waals surface area contributed by atoms with E-state index in [9.17, 15) is 9.59 Å². The molecule has 6 heteroatoms. The summed E-state index contributed by atoms with van der Waals surface area (Å²) in [5.41, 5.74) is 0. The molecule has 1 aliphatic rings. The number of rotatable bonds is 6. The van der Waals surface area contributed by atoms with Crippen LogP contribution in [0, 0.1) is 11.8 Å². The number of hydrogen-bond acceptors (Lipinski definition) is 3. The molecule has 20 heavy (non-hydrogen) atoms. The zero-order valence-corrected chi connectivity index (χ0v) is 12.8. The molecule has 0 heterocycles. The molecule has 1 aliphatic carbocycles. The van der Waals surface area contributed by atoms with Crippen LogP contribution in [0.4, 0.5) is 4.79 Å². The average Bonchev–Trinajstić information content (AvgIpc) is 2.75. The fourth-order valence-corrected chi connectivity index (χ4v) is 2.55. The molecule has 0 aromatic carbocycles. The molecule has 1 fully saturated rings. The number of amides is 2. The van der Waals surface area contributed by atoms with E-state index in [1.54, 1.807) is 0 Å². The molecule has 1 saturated carbocycles. The molecule has 0 aromatic heterocycles. The van der Waals surface area contributed by atoms with Gasteiger partial charge in [0.15, 0.2) is 0 Å². The third-order valence-electron chi connectivity index (χ3n) is 3.80. The largest absolute Gasteiger partial charge is 0.481 e. The summed E-state index contributed by atoms with van der Waals surface area (Å²) in [5.74, 6) is -0.733. The maximum Gasteiger partial charge on any atom is 0.315 e. The second-order valence-corrected chi connectivity index (χ2v) is 6.28. The van der Waals surface area contributed by atoms with Gasteiger partial charge in [0, 0.05) is 18.6 Å². The molecular weight excluding hydrogens is 258 g/mol. The Bertz CT molecular complexity index is 345. The van der Waals surface area contributed by atoms with Gasteiger partial charge in [-0.15, -0.1) is 0 Å². The Kier molecular flexibility index (Phi) is 6.26. The van der Waals surface area contributed by atoms with Crippen molar-refractivity contribution in [2.24, 2.45) is 11.8 Å². The van der Waals surface area contributed by atoms with Gasteiger partial charge >= 0.3 is 12.0 Å². The molecule has 3 atom stereocenters. The van der Waals surface area contributed by atoms with Crippen LogP contribution in [0.25, 0.3) is 0 Å². The van der Waals surface area contributed by atoms with Gasteiger partial charge in [-0.2, -0.15) is 0 Å². The predicted molar refractivity (Wildman–Crippen MR) is 77.6 cm³/mol. The smallest absolute Gasteiger partial charge is 0.315 e. The second-order valence-electron chi connectivity index (χ2n) is 6.28. The molecule has 0 bridgehead atoms. The molecule has 0 spiro atoms. The highest BCUT2D eigenvalue weighted by Gasteiger charge is 2.30. The minimum Gasteiger partial charge on any atom is -0.481 e. The lowest BCUT2D eigenvalue weighted by Crippen LogP contribution is -2.50. The molecule has 0 saturated heterocycles. The monoisotopic (exact) mass is 285 g/mol. The number of carbonyl (C=O) groups is 2. The zero-order valence-electron chi connectivity index (χ0n) is 12.8. The molecule has 6 nitrogen and oxygen atoms in total. The number of hydrogen-bond donors (Lipinski definition) is 3. The van der Waals surface area contributed by atoms with Crippen LogP contribution in [0.3, 0.4) is 0 Å². The van der Waals surface area contributed by atoms with Gasteiger partial charge in [-0.3, -0.25) is 4.79 Å². The van der Waals surface area contributed by atoms with Crippen molar-refractivity contribution in [1.82, 2.24) is 15.5 Å². The summed E-state index contributed by atoms with van der Waals surface area (Å²) in [4.78, 5) is 24.9. The van der Waals surface area contributed by atoms with Gasteiger partial charge in [0.25, 0.3) is 0 Å². The van der Waals surface area contributed by atoms with E-state index in [4.69, 9.17) is 5.11 Å². The maximum absolute atomic E-state index is 12.0. The van der Waals surface area contributed by atoms with E-state index >= 15 is 0 Å². The van der Waals surface area contributed by atoms with E-state index < -0.39 is 5.97 Å². The van der Waals surface area contributed by atoms with Crippen LogP contribution < -0.4 is 10.6 Å². The van der Waals surface area contributed by atoms with Crippen molar-refractivity contribution in [3.8, 4) is 0 Å². The minimum atomic E-state index is -0.762. The first-order valence-electron chi connectivity index (χ1n) is 7.24. The summed E-state index contributed by atoms with van der Waals surface area (Å²) >= 11 is 0. The first kappa shape index (κ1) is 16.8. The highest BCUT2D eigenvalue weighted by Crippen LogP contribution is 2.25. The number of aliphatic carboxylic acids is 1. The van der Waals surface area contributed by atoms with Crippen LogP contribution in [-0.4, -0.2) is 54.7 Å². The van der Waals surface area contributed by atoms with Crippen molar-refractivity contribution >= 4 is 12.0 Å². The summed E-state index contributed by atoms with van der Waals surface area (Å²) in [6, 6.07) is -0.133. The van der Waals surface area contributed by atoms with Crippen molar-refractivity contribution in [2.75, 3.05) is 20.6 Å². The fourth-order valence-electron chi connectivity index (χ4n) is 2.55. The van der Waals surface area contributed by atoms with Crippen LogP contribution in [0.15, 0.2) is 0 Å². The standard InChI is InChI=1S/C14H27N3O3/c1-9(2)12(8-17(3)4)16-14(20)15-11-6-5-10(7-11)13(18)19/h9-12H,5-8H2,1-4H3,(H,18,19)(H2,15,16,20)/t10-,11+,12?/m1/s1. The Morgan fingerprint density at radius 2 is 1.95 bits per heavy atom. The first-order chi connectivity index (χ1) is 9.29. The lowest BCUT2D eigenvalue weighted by molar-refractivity contribution is -0.141. The quantitative estimate of drug-likeness (QED) is 0.683. The first-order valence-corrected chi connectivity index (χ1v) is 7.24. The van der Waals surface area contributed by atoms with Gasteiger partial charge in [0.05, 0.1) is 5.92 Å². The fraction of sp³-hybridized carbons (Fsp3) is 0.857. The number of carboxylic acids is 1. The molecule has 2 amide bonds. The Balaban J connectivity index is 2.40. The normalized spacial score (nSPS) is 23.9. The van der Waals surface area contributed by atoms with E-state index in [1.165, 1.54) is 0 Å². The number of likely N-dealkylation sites (N-methyl/N-ethyl adjacent to an activating group) is 1. The van der Waals surface area contributed by atoms with E-state index in [0.717, 1.165) is 13.0 Å². The molecule has 3 N–H and O–H groups in total. The average molecular weight is 285 g/mol. The molecule has 0 radical (unpaired) electrons. The van der Waals surface area contributed by atoms with Gasteiger partial charge in [-0.25, -0.2) is 4.79 Å². The summed E-state index contributed by atoms with van der Waals surface area (Å²) < 4.78 is 0. The molecular formula is C14H27N3O3. The summed E-state index contributed by atoms with van der Waals surface area (Å²) in [6.45, 7) is 4.93. The van der Waals surface area contributed by atoms with E-state index in [-0.39, 0.29) is 24.0 Å². The summed E-state index contributed by atoms with van der Waals surface area (Å²) in [6.07, 6.45) is 1.92. The Hall–Kier alpha value is -1.30. The van der Waals surface area contributed by atoms with Gasteiger partial charge in [-0.05, 0) is 39.3 Å². The van der Waals surface area contributed by atoms with Crippen molar-refractivity contribution < 1.29 is 14.7 Å². The molecule has 0 aliphatic heterocycles. The highest BCUT2D eigenvalue weighted by molar-refractivity contribution is 5.75. The number of nitrogens with zero attached hydrogens (tertiary/aromatic N) is 1. The lowest BCUT2D eigenvalue weighted by Gasteiger charge is -2.26. The van der Waals surface area contributed by atoms with Gasteiger partial charge in [-0.1, -0.05) is 13.8 Å². The number of nitrogens with one attached hydrogen (secondary N) is 2. The van der Waals surface area contributed by atoms with Crippen LogP contribution in [0.1, 0.15) is 33.1 Å². The number of urea groups is 1. The Morgan fingerprint density at radius 1 is 1.30 bits per heavy atom. The third-order valence-corrected chi connectivity index (χ3v) is 3.80. The van der Waals surface area contributed by atoms with Crippen molar-refractivity contribution in [3.63, 3.8) is 0 Å². The van der Waals surface area contributed by atoms with Gasteiger partial charge in [0.2, 0.25) is 0 Å². The molecule has 0 aromatic rings. The van der Waals surface area contributed by atoms with Crippen molar-refractivity contribution in [3.05, 3.63) is 0 Å². The van der Waals surface area contributed by atoms with E-state index in [0.29, 0.717) is 18.8 Å². The number of carbonyl (C=O) groups excluding carboxylic acids is 1. The SMILES string of the molecule is CC(C)C(CN(C)C)NC(=O)N[C@H]1CC[C@@H](C(=O)O)C1. The van der Waals surface area contributed by atoms with E-state index in [2.05, 4.69) is 24.5 Å². The lowest BCUT2D eigenvalue weighted by atomic mass is 10.0. The zero-order chi connectivity index (χ0) is 15.3. The Morgan fingerprint density at radius 3 is 2.40 bits per heavy atom.